The molecular formula is C25H25N4OS+. The van der Waals surface area contributed by atoms with Crippen LogP contribution in [0.2, 0.25) is 0 Å². The quantitative estimate of drug-likeness (QED) is 0.247. The molecule has 1 aromatic heterocycles. The van der Waals surface area contributed by atoms with E-state index in [0.717, 1.165) is 34.7 Å². The first-order valence-electron chi connectivity index (χ1n) is 10.1. The Morgan fingerprint density at radius 2 is 1.39 bits per heavy atom. The van der Waals surface area contributed by atoms with Gasteiger partial charge in [0.1, 0.15) is 11.9 Å². The van der Waals surface area contributed by atoms with Crippen LogP contribution in [0.5, 0.6) is 5.06 Å². The van der Waals surface area contributed by atoms with E-state index >= 15 is 0 Å². The molecule has 0 spiro atoms. The van der Waals surface area contributed by atoms with Gasteiger partial charge in [-0.1, -0.05) is 60.7 Å². The summed E-state index contributed by atoms with van der Waals surface area (Å²) in [6.07, 6.45) is 1.90. The van der Waals surface area contributed by atoms with E-state index in [2.05, 4.69) is 75.8 Å². The summed E-state index contributed by atoms with van der Waals surface area (Å²) in [5.74, 6) is 0. The van der Waals surface area contributed by atoms with Crippen LogP contribution in [0.4, 0.5) is 16.5 Å². The molecule has 0 aliphatic rings. The van der Waals surface area contributed by atoms with Gasteiger partial charge in [-0.25, -0.2) is 4.57 Å². The molecule has 6 heteroatoms. The molecular weight excluding hydrogens is 404 g/mol. The summed E-state index contributed by atoms with van der Waals surface area (Å²) in [6.45, 7) is 1.67. The van der Waals surface area contributed by atoms with Crippen molar-refractivity contribution in [1.29, 1.82) is 0 Å². The minimum absolute atomic E-state index is 0.788. The average molecular weight is 430 g/mol. The number of methoxy groups -OCH3 is 1. The normalized spacial score (nSPS) is 11.0. The summed E-state index contributed by atoms with van der Waals surface area (Å²) in [6, 6.07) is 29.3. The lowest BCUT2D eigenvalue weighted by atomic mass is 10.1. The Kier molecular flexibility index (Phi) is 6.69. The van der Waals surface area contributed by atoms with Gasteiger partial charge < -0.3 is 9.64 Å². The Labute approximate surface area is 186 Å². The molecule has 0 bridgehead atoms. The molecule has 0 fully saturated rings. The van der Waals surface area contributed by atoms with Crippen LogP contribution in [0, 0.1) is 0 Å². The molecule has 0 N–H and O–H groups in total. The molecule has 3 aromatic carbocycles. The molecule has 0 saturated heterocycles. The lowest BCUT2D eigenvalue weighted by Crippen LogP contribution is -2.23. The van der Waals surface area contributed by atoms with Gasteiger partial charge >= 0.3 is 5.13 Å². The number of azo groups is 1. The maximum atomic E-state index is 5.26. The highest BCUT2D eigenvalue weighted by atomic mass is 32.1. The third kappa shape index (κ3) is 5.55. The van der Waals surface area contributed by atoms with E-state index in [4.69, 9.17) is 4.74 Å². The number of thiazole rings is 1. The van der Waals surface area contributed by atoms with E-state index in [-0.39, 0.29) is 0 Å². The van der Waals surface area contributed by atoms with E-state index in [1.165, 1.54) is 22.5 Å². The van der Waals surface area contributed by atoms with Gasteiger partial charge in [-0.05, 0) is 51.8 Å². The summed E-state index contributed by atoms with van der Waals surface area (Å²) in [7, 11) is 3.59. The van der Waals surface area contributed by atoms with Crippen LogP contribution in [0.15, 0.2) is 101 Å². The van der Waals surface area contributed by atoms with Crippen molar-refractivity contribution in [3.63, 3.8) is 0 Å². The number of aromatic nitrogens is 1. The largest absolute Gasteiger partial charge is 0.484 e. The highest BCUT2D eigenvalue weighted by molar-refractivity contribution is 7.16. The number of ether oxygens (including phenoxy) is 1. The van der Waals surface area contributed by atoms with Crippen molar-refractivity contribution in [3.05, 3.63) is 102 Å². The van der Waals surface area contributed by atoms with Crippen molar-refractivity contribution in [3.8, 4) is 5.06 Å². The molecule has 0 atom stereocenters. The fraction of sp³-hybridized carbons (Fsp3) is 0.160. The molecule has 0 saturated carbocycles. The van der Waals surface area contributed by atoms with Crippen molar-refractivity contribution in [1.82, 2.24) is 0 Å². The lowest BCUT2D eigenvalue weighted by Gasteiger charge is -2.25. The van der Waals surface area contributed by atoms with Gasteiger partial charge in [0.2, 0.25) is 5.06 Å². The zero-order valence-electron chi connectivity index (χ0n) is 17.7. The standard InChI is InChI=1S/C25H25N4OS/c1-28-19-24(30-2)31-25(28)27-26-22-13-15-23(16-14-22)29(17-20-9-5-3-6-10-20)18-21-11-7-4-8-12-21/h3-16,19H,17-18H2,1-2H3/q+1. The summed E-state index contributed by atoms with van der Waals surface area (Å²) >= 11 is 1.46. The van der Waals surface area contributed by atoms with Gasteiger partial charge in [0.05, 0.1) is 19.3 Å². The predicted molar refractivity (Wildman–Crippen MR) is 125 cm³/mol. The number of aryl methyl sites for hydroxylation is 1. The Bertz CT molecular complexity index is 1080. The van der Waals surface area contributed by atoms with Gasteiger partial charge in [0, 0.05) is 18.8 Å². The fourth-order valence-electron chi connectivity index (χ4n) is 3.26. The van der Waals surface area contributed by atoms with Gasteiger partial charge in [0.15, 0.2) is 0 Å². The molecule has 1 heterocycles. The molecule has 0 radical (unpaired) electrons. The Hall–Kier alpha value is -3.51. The second kappa shape index (κ2) is 10.00. The van der Waals surface area contributed by atoms with Crippen molar-refractivity contribution in [2.75, 3.05) is 12.0 Å². The van der Waals surface area contributed by atoms with Crippen molar-refractivity contribution in [2.45, 2.75) is 13.1 Å². The molecule has 5 nitrogen and oxygen atoms in total. The van der Waals surface area contributed by atoms with Crippen LogP contribution in [0.25, 0.3) is 0 Å². The molecule has 4 aromatic rings. The van der Waals surface area contributed by atoms with Gasteiger partial charge in [-0.3, -0.25) is 0 Å². The van der Waals surface area contributed by atoms with Crippen molar-refractivity contribution in [2.24, 2.45) is 17.3 Å². The van der Waals surface area contributed by atoms with Crippen molar-refractivity contribution >= 4 is 27.8 Å². The minimum atomic E-state index is 0.788. The van der Waals surface area contributed by atoms with Crippen LogP contribution in [0.1, 0.15) is 11.1 Å². The smallest absolute Gasteiger partial charge is 0.411 e. The van der Waals surface area contributed by atoms with Crippen LogP contribution in [0.3, 0.4) is 0 Å². The average Bonchev–Trinajstić information content (AvgIpc) is 3.19. The maximum Gasteiger partial charge on any atom is 0.411 e. The number of anilines is 1. The number of hydrogen-bond acceptors (Lipinski definition) is 5. The third-order valence-electron chi connectivity index (χ3n) is 4.89. The highest BCUT2D eigenvalue weighted by Crippen LogP contribution is 2.28. The van der Waals surface area contributed by atoms with Crippen LogP contribution < -0.4 is 14.2 Å². The fourth-order valence-corrected chi connectivity index (χ4v) is 4.02. The number of nitrogens with zero attached hydrogens (tertiary/aromatic N) is 4. The van der Waals surface area contributed by atoms with Crippen LogP contribution in [-0.2, 0) is 20.1 Å². The Balaban J connectivity index is 1.53. The first-order valence-corrected chi connectivity index (χ1v) is 10.9. The van der Waals surface area contributed by atoms with Gasteiger partial charge in [-0.2, -0.15) is 0 Å². The molecule has 0 amide bonds. The minimum Gasteiger partial charge on any atom is -0.484 e. The van der Waals surface area contributed by atoms with E-state index in [9.17, 15) is 0 Å². The SMILES string of the molecule is COc1c[n+](C)c(N=Nc2ccc(N(Cc3ccccc3)Cc3ccccc3)cc2)s1. The number of rotatable bonds is 8. The lowest BCUT2D eigenvalue weighted by molar-refractivity contribution is -0.654. The predicted octanol–water partition coefficient (Wildman–Crippen LogP) is 6.20. The van der Waals surface area contributed by atoms with E-state index in [1.807, 2.05) is 42.1 Å². The third-order valence-corrected chi connectivity index (χ3v) is 5.92. The van der Waals surface area contributed by atoms with Crippen molar-refractivity contribution < 1.29 is 9.30 Å². The molecule has 0 unspecified atom stereocenters. The second-order valence-corrected chi connectivity index (χ2v) is 8.16. The molecule has 0 aliphatic heterocycles. The van der Waals surface area contributed by atoms with Gasteiger partial charge in [-0.15, -0.1) is 0 Å². The zero-order valence-corrected chi connectivity index (χ0v) is 18.5. The van der Waals surface area contributed by atoms with E-state index in [0.29, 0.717) is 0 Å². The molecule has 4 rings (SSSR count). The van der Waals surface area contributed by atoms with Crippen LogP contribution >= 0.6 is 11.3 Å². The summed E-state index contributed by atoms with van der Waals surface area (Å²) < 4.78 is 7.16. The Morgan fingerprint density at radius 1 is 0.806 bits per heavy atom. The zero-order chi connectivity index (χ0) is 21.5. The summed E-state index contributed by atoms with van der Waals surface area (Å²) in [4.78, 5) is 2.37. The van der Waals surface area contributed by atoms with E-state index in [1.54, 1.807) is 7.11 Å². The Morgan fingerprint density at radius 3 is 1.90 bits per heavy atom. The van der Waals surface area contributed by atoms with Crippen LogP contribution in [-0.4, -0.2) is 7.11 Å². The second-order valence-electron chi connectivity index (χ2n) is 7.19. The molecule has 31 heavy (non-hydrogen) atoms. The van der Waals surface area contributed by atoms with Gasteiger partial charge in [0.25, 0.3) is 0 Å². The summed E-state index contributed by atoms with van der Waals surface area (Å²) in [5.41, 5.74) is 4.52. The molecule has 0 aliphatic carbocycles. The monoisotopic (exact) mass is 429 g/mol. The highest BCUT2D eigenvalue weighted by Gasteiger charge is 2.14. The topological polar surface area (TPSA) is 41.1 Å². The molecule has 156 valence electrons. The first kappa shape index (κ1) is 20.8. The van der Waals surface area contributed by atoms with E-state index < -0.39 is 0 Å². The summed E-state index contributed by atoms with van der Waals surface area (Å²) in [5, 5.41) is 10.4. The maximum absolute atomic E-state index is 5.26. The first-order chi connectivity index (χ1) is 15.2. The number of benzene rings is 3. The number of hydrogen-bond donors (Lipinski definition) is 0.